The van der Waals surface area contributed by atoms with E-state index in [1.165, 1.54) is 0 Å². The summed E-state index contributed by atoms with van der Waals surface area (Å²) in [5, 5.41) is 3.37. The Labute approximate surface area is 121 Å². The Morgan fingerprint density at radius 3 is 2.50 bits per heavy atom. The van der Waals surface area contributed by atoms with Gasteiger partial charge in [0.25, 0.3) is 0 Å². The van der Waals surface area contributed by atoms with Gasteiger partial charge < -0.3 is 15.1 Å². The van der Waals surface area contributed by atoms with Crippen molar-refractivity contribution in [1.82, 2.24) is 5.32 Å². The monoisotopic (exact) mass is 275 g/mol. The van der Waals surface area contributed by atoms with Crippen LogP contribution in [-0.2, 0) is 4.79 Å². The maximum absolute atomic E-state index is 12.4. The van der Waals surface area contributed by atoms with Gasteiger partial charge in [-0.15, -0.1) is 0 Å². The van der Waals surface area contributed by atoms with Crippen LogP contribution in [0, 0.1) is 0 Å². The Bertz CT molecular complexity index is 479. The van der Waals surface area contributed by atoms with E-state index in [1.54, 1.807) is 0 Å². The zero-order chi connectivity index (χ0) is 14.8. The van der Waals surface area contributed by atoms with Crippen molar-refractivity contribution in [2.75, 3.05) is 36.5 Å². The molecule has 110 valence electrons. The summed E-state index contributed by atoms with van der Waals surface area (Å²) in [6, 6.07) is 8.11. The molecule has 0 spiro atoms. The lowest BCUT2D eigenvalue weighted by atomic mass is 10.1. The second kappa shape index (κ2) is 5.83. The molecule has 1 heterocycles. The molecule has 0 radical (unpaired) electrons. The van der Waals surface area contributed by atoms with Crippen LogP contribution in [0.4, 0.5) is 11.4 Å². The van der Waals surface area contributed by atoms with Gasteiger partial charge in [-0.3, -0.25) is 4.79 Å². The van der Waals surface area contributed by atoms with Crippen molar-refractivity contribution in [3.63, 3.8) is 0 Å². The first-order valence-corrected chi connectivity index (χ1v) is 7.24. The largest absolute Gasteiger partial charge is 0.371 e. The zero-order valence-electron chi connectivity index (χ0n) is 12.9. The quantitative estimate of drug-likeness (QED) is 0.919. The van der Waals surface area contributed by atoms with E-state index in [0.29, 0.717) is 6.42 Å². The summed E-state index contributed by atoms with van der Waals surface area (Å²) in [5.41, 5.74) is 2.22. The average Bonchev–Trinajstić information content (AvgIpc) is 2.38. The molecule has 0 aromatic heterocycles. The molecular weight excluding hydrogens is 250 g/mol. The van der Waals surface area contributed by atoms with Crippen molar-refractivity contribution in [3.8, 4) is 0 Å². The lowest BCUT2D eigenvalue weighted by molar-refractivity contribution is -0.118. The van der Waals surface area contributed by atoms with E-state index in [2.05, 4.69) is 44.1 Å². The van der Waals surface area contributed by atoms with Crippen LogP contribution in [0.2, 0.25) is 0 Å². The molecule has 0 saturated heterocycles. The van der Waals surface area contributed by atoms with Crippen molar-refractivity contribution in [1.29, 1.82) is 0 Å². The molecule has 0 bridgehead atoms. The third-order valence-electron chi connectivity index (χ3n) is 3.54. The summed E-state index contributed by atoms with van der Waals surface area (Å²) in [5.74, 6) is 0.197. The highest BCUT2D eigenvalue weighted by atomic mass is 16.2. The smallest absolute Gasteiger partial charge is 0.228 e. The van der Waals surface area contributed by atoms with E-state index in [-0.39, 0.29) is 11.4 Å². The summed E-state index contributed by atoms with van der Waals surface area (Å²) < 4.78 is 0. The predicted molar refractivity (Wildman–Crippen MR) is 84.4 cm³/mol. The normalized spacial score (nSPS) is 15.2. The molecule has 1 aromatic carbocycles. The molecule has 1 amide bonds. The first-order valence-electron chi connectivity index (χ1n) is 7.24. The summed E-state index contributed by atoms with van der Waals surface area (Å²) in [6.45, 7) is 8.71. The second-order valence-corrected chi connectivity index (χ2v) is 6.38. The Kier molecular flexibility index (Phi) is 4.33. The molecule has 1 aliphatic heterocycles. The number of likely N-dealkylation sites (N-methyl/N-ethyl adjacent to an activating group) is 1. The van der Waals surface area contributed by atoms with Gasteiger partial charge in [0.2, 0.25) is 5.91 Å². The van der Waals surface area contributed by atoms with Crippen molar-refractivity contribution >= 4 is 17.3 Å². The van der Waals surface area contributed by atoms with E-state index in [9.17, 15) is 4.79 Å². The van der Waals surface area contributed by atoms with E-state index in [4.69, 9.17) is 0 Å². The highest BCUT2D eigenvalue weighted by molar-refractivity contribution is 5.97. The number of nitrogens with one attached hydrogen (secondary N) is 1. The number of hydrogen-bond donors (Lipinski definition) is 1. The molecule has 4 heteroatoms. The standard InChI is InChI=1S/C16H25N3O/c1-16(2,3)17-10-9-15(20)19-12-11-18(4)13-7-5-6-8-14(13)19/h5-8,17H,9-12H2,1-4H3. The number of benzene rings is 1. The predicted octanol–water partition coefficient (Wildman–Crippen LogP) is 2.25. The van der Waals surface area contributed by atoms with Crippen molar-refractivity contribution in [2.45, 2.75) is 32.7 Å². The zero-order valence-corrected chi connectivity index (χ0v) is 12.9. The van der Waals surface area contributed by atoms with Gasteiger partial charge in [-0.1, -0.05) is 12.1 Å². The maximum Gasteiger partial charge on any atom is 0.228 e. The van der Waals surface area contributed by atoms with Gasteiger partial charge in [0, 0.05) is 38.6 Å². The van der Waals surface area contributed by atoms with Crippen LogP contribution in [0.3, 0.4) is 0 Å². The number of para-hydroxylation sites is 2. The molecule has 1 N–H and O–H groups in total. The minimum absolute atomic E-state index is 0.0559. The molecule has 0 atom stereocenters. The number of rotatable bonds is 3. The summed E-state index contributed by atoms with van der Waals surface area (Å²) >= 11 is 0. The van der Waals surface area contributed by atoms with Crippen LogP contribution >= 0.6 is 0 Å². The molecule has 1 aliphatic rings. The number of carbonyl (C=O) groups excluding carboxylic acids is 1. The van der Waals surface area contributed by atoms with Gasteiger partial charge in [-0.05, 0) is 32.9 Å². The molecule has 0 saturated carbocycles. The molecule has 2 rings (SSSR count). The fourth-order valence-corrected chi connectivity index (χ4v) is 2.44. The first kappa shape index (κ1) is 14.9. The van der Waals surface area contributed by atoms with Gasteiger partial charge in [-0.25, -0.2) is 0 Å². The number of nitrogens with zero attached hydrogens (tertiary/aromatic N) is 2. The molecule has 1 aromatic rings. The van der Waals surface area contributed by atoms with E-state index < -0.39 is 0 Å². The Balaban J connectivity index is 2.03. The fourth-order valence-electron chi connectivity index (χ4n) is 2.44. The third kappa shape index (κ3) is 3.51. The number of fused-ring (bicyclic) bond motifs is 1. The van der Waals surface area contributed by atoms with Gasteiger partial charge >= 0.3 is 0 Å². The van der Waals surface area contributed by atoms with E-state index >= 15 is 0 Å². The fraction of sp³-hybridized carbons (Fsp3) is 0.562. The van der Waals surface area contributed by atoms with Gasteiger partial charge in [0.1, 0.15) is 0 Å². The van der Waals surface area contributed by atoms with Crippen LogP contribution in [0.5, 0.6) is 0 Å². The summed E-state index contributed by atoms with van der Waals surface area (Å²) in [4.78, 5) is 16.5. The number of anilines is 2. The number of carbonyl (C=O) groups is 1. The van der Waals surface area contributed by atoms with Crippen LogP contribution < -0.4 is 15.1 Å². The highest BCUT2D eigenvalue weighted by Crippen LogP contribution is 2.31. The molecule has 4 nitrogen and oxygen atoms in total. The van der Waals surface area contributed by atoms with E-state index in [1.807, 2.05) is 23.1 Å². The molecule has 0 fully saturated rings. The second-order valence-electron chi connectivity index (χ2n) is 6.38. The molecule has 0 unspecified atom stereocenters. The lowest BCUT2D eigenvalue weighted by Gasteiger charge is -2.35. The van der Waals surface area contributed by atoms with Crippen LogP contribution in [-0.4, -0.2) is 38.1 Å². The third-order valence-corrected chi connectivity index (χ3v) is 3.54. The minimum atomic E-state index is 0.0559. The van der Waals surface area contributed by atoms with Crippen molar-refractivity contribution in [2.24, 2.45) is 0 Å². The topological polar surface area (TPSA) is 35.6 Å². The Morgan fingerprint density at radius 2 is 1.85 bits per heavy atom. The molecule has 20 heavy (non-hydrogen) atoms. The molecular formula is C16H25N3O. The maximum atomic E-state index is 12.4. The lowest BCUT2D eigenvalue weighted by Crippen LogP contribution is -2.44. The van der Waals surface area contributed by atoms with Crippen molar-refractivity contribution in [3.05, 3.63) is 24.3 Å². The van der Waals surface area contributed by atoms with Crippen LogP contribution in [0.25, 0.3) is 0 Å². The Morgan fingerprint density at radius 1 is 1.20 bits per heavy atom. The SMILES string of the molecule is CN1CCN(C(=O)CCNC(C)(C)C)c2ccccc21. The van der Waals surface area contributed by atoms with Crippen LogP contribution in [0.1, 0.15) is 27.2 Å². The van der Waals surface area contributed by atoms with Gasteiger partial charge in [0.05, 0.1) is 11.4 Å². The summed E-state index contributed by atoms with van der Waals surface area (Å²) in [7, 11) is 2.07. The molecule has 0 aliphatic carbocycles. The first-order chi connectivity index (χ1) is 9.38. The average molecular weight is 275 g/mol. The number of amides is 1. The Hall–Kier alpha value is -1.55. The van der Waals surface area contributed by atoms with Crippen LogP contribution in [0.15, 0.2) is 24.3 Å². The van der Waals surface area contributed by atoms with E-state index in [0.717, 1.165) is 31.0 Å². The number of hydrogen-bond acceptors (Lipinski definition) is 3. The highest BCUT2D eigenvalue weighted by Gasteiger charge is 2.24. The minimum Gasteiger partial charge on any atom is -0.371 e. The summed E-state index contributed by atoms with van der Waals surface area (Å²) in [6.07, 6.45) is 0.537. The van der Waals surface area contributed by atoms with Gasteiger partial charge in [0.15, 0.2) is 0 Å². The van der Waals surface area contributed by atoms with Crippen molar-refractivity contribution < 1.29 is 4.79 Å². The van der Waals surface area contributed by atoms with Gasteiger partial charge in [-0.2, -0.15) is 0 Å².